The molecule has 3 heterocycles. The first kappa shape index (κ1) is 29.2. The average molecular weight is 505 g/mol. The third kappa shape index (κ3) is 5.59. The van der Waals surface area contributed by atoms with E-state index in [2.05, 4.69) is 25.7 Å². The van der Waals surface area contributed by atoms with Crippen molar-refractivity contribution in [2.45, 2.75) is 116 Å². The van der Waals surface area contributed by atoms with E-state index in [-0.39, 0.29) is 66.5 Å². The van der Waals surface area contributed by atoms with Crippen molar-refractivity contribution >= 4 is 0 Å². The summed E-state index contributed by atoms with van der Waals surface area (Å²) in [5, 5.41) is 41.0. The molecule has 0 saturated carbocycles. The second kappa shape index (κ2) is 11.2. The molecule has 0 bridgehead atoms. The molecule has 14 atom stereocenters. The second-order valence-corrected chi connectivity index (χ2v) is 11.9. The molecule has 9 nitrogen and oxygen atoms in total. The molecule has 1 unspecified atom stereocenters. The summed E-state index contributed by atoms with van der Waals surface area (Å²) in [4.78, 5) is 4.64. The fourth-order valence-electron chi connectivity index (χ4n) is 6.80. The van der Waals surface area contributed by atoms with Gasteiger partial charge in [0.25, 0.3) is 0 Å². The number of rotatable bonds is 8. The zero-order valence-electron chi connectivity index (χ0n) is 22.6. The first-order valence-electron chi connectivity index (χ1n) is 13.2. The van der Waals surface area contributed by atoms with Crippen molar-refractivity contribution in [3.05, 3.63) is 0 Å². The van der Waals surface area contributed by atoms with Gasteiger partial charge in [0.1, 0.15) is 6.10 Å². The van der Waals surface area contributed by atoms with Gasteiger partial charge in [0.05, 0.1) is 30.5 Å². The van der Waals surface area contributed by atoms with Gasteiger partial charge in [-0.05, 0) is 25.2 Å². The summed E-state index contributed by atoms with van der Waals surface area (Å²) in [5.41, 5.74) is 0. The third-order valence-corrected chi connectivity index (χ3v) is 9.02. The molecule has 4 N–H and O–H groups in total. The lowest BCUT2D eigenvalue weighted by atomic mass is 9.74. The van der Waals surface area contributed by atoms with Crippen molar-refractivity contribution in [2.75, 3.05) is 13.7 Å². The lowest BCUT2D eigenvalue weighted by molar-refractivity contribution is -0.403. The van der Waals surface area contributed by atoms with Crippen molar-refractivity contribution in [1.29, 1.82) is 0 Å². The van der Waals surface area contributed by atoms with Gasteiger partial charge >= 0.3 is 0 Å². The van der Waals surface area contributed by atoms with Gasteiger partial charge in [-0.25, -0.2) is 10.1 Å². The predicted molar refractivity (Wildman–Crippen MR) is 128 cm³/mol. The smallest absolute Gasteiger partial charge is 0.199 e. The van der Waals surface area contributed by atoms with E-state index >= 15 is 0 Å². The molecule has 35 heavy (non-hydrogen) atoms. The van der Waals surface area contributed by atoms with Crippen LogP contribution < -0.4 is 0 Å². The lowest BCUT2D eigenvalue weighted by Crippen LogP contribution is -2.65. The van der Waals surface area contributed by atoms with Gasteiger partial charge in [-0.1, -0.05) is 41.5 Å². The largest absolute Gasteiger partial charge is 0.396 e. The van der Waals surface area contributed by atoms with E-state index in [1.165, 1.54) is 0 Å². The Morgan fingerprint density at radius 3 is 2.14 bits per heavy atom. The second-order valence-electron chi connectivity index (χ2n) is 11.9. The van der Waals surface area contributed by atoms with Crippen molar-refractivity contribution in [2.24, 2.45) is 35.5 Å². The standard InChI is InChI=1S/C26H48O9/c1-13-9-20(28)26(33-22(13)17(5)21(29)15(3)12-27)11-19(31-8)16(4)24(34-26)18(6)23-14(2)10-25(7,32-23)35-30/h13-24,27-30H,9-12H2,1-8H3/t13-,14-,15-,16+,17-,18+,19+,20-,21-,22-,23-,24-,25?,26+/m0/s1. The van der Waals surface area contributed by atoms with Crippen LogP contribution in [0.5, 0.6) is 0 Å². The number of hydrogen-bond acceptors (Lipinski definition) is 9. The summed E-state index contributed by atoms with van der Waals surface area (Å²) in [6.45, 7) is 13.6. The Labute approximate surface area is 210 Å². The van der Waals surface area contributed by atoms with Crippen molar-refractivity contribution in [1.82, 2.24) is 0 Å². The summed E-state index contributed by atoms with van der Waals surface area (Å²) in [5.74, 6) is -2.88. The maximum atomic E-state index is 11.3. The highest BCUT2D eigenvalue weighted by molar-refractivity contribution is 5.01. The highest BCUT2D eigenvalue weighted by atomic mass is 17.1. The molecule has 0 aliphatic carbocycles. The minimum absolute atomic E-state index is 0.00403. The minimum atomic E-state index is -1.28. The molecule has 0 aromatic rings. The molecule has 3 rings (SSSR count). The van der Waals surface area contributed by atoms with Gasteiger partial charge < -0.3 is 34.3 Å². The van der Waals surface area contributed by atoms with E-state index in [1.54, 1.807) is 14.0 Å². The van der Waals surface area contributed by atoms with Crippen LogP contribution in [0.2, 0.25) is 0 Å². The van der Waals surface area contributed by atoms with Crippen LogP contribution in [0.1, 0.15) is 67.7 Å². The monoisotopic (exact) mass is 504 g/mol. The number of ether oxygens (including phenoxy) is 4. The van der Waals surface area contributed by atoms with Gasteiger partial charge in [-0.15, -0.1) is 0 Å². The van der Waals surface area contributed by atoms with Gasteiger partial charge in [-0.2, -0.15) is 0 Å². The zero-order chi connectivity index (χ0) is 26.3. The Balaban J connectivity index is 1.88. The van der Waals surface area contributed by atoms with E-state index in [0.29, 0.717) is 19.3 Å². The summed E-state index contributed by atoms with van der Waals surface area (Å²) < 4.78 is 25.4. The van der Waals surface area contributed by atoms with Crippen LogP contribution in [0, 0.1) is 35.5 Å². The van der Waals surface area contributed by atoms with E-state index in [9.17, 15) is 20.6 Å². The number of aliphatic hydroxyl groups is 3. The number of hydrogen-bond donors (Lipinski definition) is 4. The maximum Gasteiger partial charge on any atom is 0.199 e. The van der Waals surface area contributed by atoms with Gasteiger partial charge in [0.15, 0.2) is 11.6 Å². The molecule has 0 amide bonds. The molecule has 3 fully saturated rings. The van der Waals surface area contributed by atoms with Crippen LogP contribution in [-0.4, -0.2) is 82.5 Å². The van der Waals surface area contributed by atoms with Crippen LogP contribution in [0.3, 0.4) is 0 Å². The fraction of sp³-hybridized carbons (Fsp3) is 1.00. The Hall–Kier alpha value is -0.360. The van der Waals surface area contributed by atoms with Crippen LogP contribution in [-0.2, 0) is 23.8 Å². The summed E-state index contributed by atoms with van der Waals surface area (Å²) in [6, 6.07) is 0. The molecule has 3 aliphatic heterocycles. The highest BCUT2D eigenvalue weighted by Crippen LogP contribution is 2.49. The van der Waals surface area contributed by atoms with Crippen LogP contribution in [0.25, 0.3) is 0 Å². The zero-order valence-corrected chi connectivity index (χ0v) is 22.6. The third-order valence-electron chi connectivity index (χ3n) is 9.02. The number of methoxy groups -OCH3 is 1. The molecule has 9 heteroatoms. The van der Waals surface area contributed by atoms with E-state index in [1.807, 2.05) is 20.8 Å². The Kier molecular flexibility index (Phi) is 9.32. The average Bonchev–Trinajstić information content (AvgIpc) is 3.15. The minimum Gasteiger partial charge on any atom is -0.396 e. The molecule has 0 aromatic heterocycles. The fourth-order valence-corrected chi connectivity index (χ4v) is 6.80. The summed E-state index contributed by atoms with van der Waals surface area (Å²) in [6.07, 6.45) is -1.37. The molecule has 206 valence electrons. The number of aliphatic hydroxyl groups excluding tert-OH is 3. The summed E-state index contributed by atoms with van der Waals surface area (Å²) >= 11 is 0. The molecule has 0 radical (unpaired) electrons. The van der Waals surface area contributed by atoms with Crippen LogP contribution in [0.15, 0.2) is 0 Å². The van der Waals surface area contributed by atoms with Crippen LogP contribution in [0.4, 0.5) is 0 Å². The quantitative estimate of drug-likeness (QED) is 0.291. The van der Waals surface area contributed by atoms with Gasteiger partial charge in [0, 0.05) is 50.2 Å². The topological polar surface area (TPSA) is 127 Å². The Morgan fingerprint density at radius 2 is 1.60 bits per heavy atom. The molecule has 3 aliphatic rings. The molecule has 3 saturated heterocycles. The van der Waals surface area contributed by atoms with Gasteiger partial charge in [-0.3, -0.25) is 0 Å². The van der Waals surface area contributed by atoms with E-state index < -0.39 is 23.8 Å². The maximum absolute atomic E-state index is 11.3. The summed E-state index contributed by atoms with van der Waals surface area (Å²) in [7, 11) is 1.66. The van der Waals surface area contributed by atoms with Crippen molar-refractivity contribution in [3.8, 4) is 0 Å². The molecule has 0 aromatic carbocycles. The normalized spacial score (nSPS) is 48.0. The first-order valence-corrected chi connectivity index (χ1v) is 13.2. The SMILES string of the molecule is CO[C@@H]1C[C@]2(O[C@H]([C@H](C)[C@H]3OC(C)(OO)C[C@@H]3C)[C@@H]1C)O[C@H]([C@@H](C)[C@@H](O)[C@@H](C)CO)[C@@H](C)C[C@@H]2O. The predicted octanol–water partition coefficient (Wildman–Crippen LogP) is 2.80. The lowest BCUT2D eigenvalue weighted by Gasteiger charge is -2.56. The van der Waals surface area contributed by atoms with Crippen molar-refractivity contribution < 1.29 is 44.4 Å². The van der Waals surface area contributed by atoms with Crippen molar-refractivity contribution in [3.63, 3.8) is 0 Å². The highest BCUT2D eigenvalue weighted by Gasteiger charge is 2.58. The molecular formula is C26H48O9. The van der Waals surface area contributed by atoms with E-state index in [0.717, 1.165) is 0 Å². The molecule has 1 spiro atoms. The Bertz CT molecular complexity index is 694. The van der Waals surface area contributed by atoms with Crippen LogP contribution >= 0.6 is 0 Å². The molecular weight excluding hydrogens is 456 g/mol. The van der Waals surface area contributed by atoms with Gasteiger partial charge in [0.2, 0.25) is 0 Å². The Morgan fingerprint density at radius 1 is 0.971 bits per heavy atom. The first-order chi connectivity index (χ1) is 16.3. The van der Waals surface area contributed by atoms with E-state index in [4.69, 9.17) is 18.9 Å².